The normalized spacial score (nSPS) is 14.4. The minimum Gasteiger partial charge on any atom is -0.348 e. The van der Waals surface area contributed by atoms with Gasteiger partial charge < -0.3 is 11.1 Å². The Hall–Kier alpha value is -1.06. The molecule has 0 spiro atoms. The quantitative estimate of drug-likeness (QED) is 0.827. The molecule has 3 nitrogen and oxygen atoms in total. The Morgan fingerprint density at radius 1 is 1.40 bits per heavy atom. The van der Waals surface area contributed by atoms with E-state index in [-0.39, 0.29) is 11.9 Å². The summed E-state index contributed by atoms with van der Waals surface area (Å²) >= 11 is 6.00. The molecule has 0 saturated carbocycles. The van der Waals surface area contributed by atoms with E-state index in [9.17, 15) is 4.79 Å². The SMILES string of the molecule is CC(N)C(=O)N[C@H](C)c1ccccc1Cl. The molecule has 0 radical (unpaired) electrons. The van der Waals surface area contributed by atoms with Crippen molar-refractivity contribution in [3.8, 4) is 0 Å². The van der Waals surface area contributed by atoms with E-state index in [1.807, 2.05) is 25.1 Å². The first-order chi connectivity index (χ1) is 7.02. The van der Waals surface area contributed by atoms with E-state index >= 15 is 0 Å². The maximum Gasteiger partial charge on any atom is 0.237 e. The van der Waals surface area contributed by atoms with Crippen LogP contribution in [0.3, 0.4) is 0 Å². The smallest absolute Gasteiger partial charge is 0.237 e. The standard InChI is InChI=1S/C11H15ClN2O/c1-7(13)11(15)14-8(2)9-5-3-4-6-10(9)12/h3-8H,13H2,1-2H3,(H,14,15)/t7?,8-/m1/s1. The summed E-state index contributed by atoms with van der Waals surface area (Å²) in [5, 5.41) is 3.44. The Kier molecular flexibility index (Phi) is 4.12. The van der Waals surface area contributed by atoms with Gasteiger partial charge in [-0.3, -0.25) is 4.79 Å². The molecule has 1 rings (SSSR count). The van der Waals surface area contributed by atoms with Gasteiger partial charge in [0.15, 0.2) is 0 Å². The molecule has 2 atom stereocenters. The summed E-state index contributed by atoms with van der Waals surface area (Å²) in [6, 6.07) is 6.79. The van der Waals surface area contributed by atoms with E-state index in [1.165, 1.54) is 0 Å². The van der Waals surface area contributed by atoms with Gasteiger partial charge in [-0.1, -0.05) is 29.8 Å². The number of hydrogen-bond donors (Lipinski definition) is 2. The third-order valence-electron chi connectivity index (χ3n) is 2.14. The average Bonchev–Trinajstić information content (AvgIpc) is 2.18. The number of rotatable bonds is 3. The summed E-state index contributed by atoms with van der Waals surface area (Å²) in [5.41, 5.74) is 6.35. The number of halogens is 1. The third-order valence-corrected chi connectivity index (χ3v) is 2.49. The van der Waals surface area contributed by atoms with Crippen molar-refractivity contribution in [2.75, 3.05) is 0 Å². The second-order valence-corrected chi connectivity index (χ2v) is 3.95. The van der Waals surface area contributed by atoms with Gasteiger partial charge in [-0.05, 0) is 25.5 Å². The zero-order valence-corrected chi connectivity index (χ0v) is 9.58. The van der Waals surface area contributed by atoms with Crippen LogP contribution in [0, 0.1) is 0 Å². The highest BCUT2D eigenvalue weighted by atomic mass is 35.5. The Labute approximate surface area is 94.6 Å². The van der Waals surface area contributed by atoms with Crippen LogP contribution in [-0.4, -0.2) is 11.9 Å². The molecule has 15 heavy (non-hydrogen) atoms. The van der Waals surface area contributed by atoms with E-state index in [0.717, 1.165) is 5.56 Å². The molecule has 1 aromatic rings. The molecule has 0 saturated heterocycles. The minimum absolute atomic E-state index is 0.128. The van der Waals surface area contributed by atoms with Crippen molar-refractivity contribution in [1.82, 2.24) is 5.32 Å². The van der Waals surface area contributed by atoms with Gasteiger partial charge in [-0.15, -0.1) is 0 Å². The highest BCUT2D eigenvalue weighted by molar-refractivity contribution is 6.31. The van der Waals surface area contributed by atoms with Crippen LogP contribution >= 0.6 is 11.6 Å². The Balaban J connectivity index is 2.73. The Bertz CT molecular complexity index is 352. The van der Waals surface area contributed by atoms with Crippen molar-refractivity contribution in [1.29, 1.82) is 0 Å². The summed E-state index contributed by atoms with van der Waals surface area (Å²) in [5.74, 6) is -0.178. The number of nitrogens with two attached hydrogens (primary N) is 1. The predicted octanol–water partition coefficient (Wildman–Crippen LogP) is 1.86. The van der Waals surface area contributed by atoms with Crippen LogP contribution in [-0.2, 0) is 4.79 Å². The molecule has 0 aliphatic rings. The van der Waals surface area contributed by atoms with Crippen molar-refractivity contribution in [3.63, 3.8) is 0 Å². The van der Waals surface area contributed by atoms with E-state index in [1.54, 1.807) is 13.0 Å². The lowest BCUT2D eigenvalue weighted by atomic mass is 10.1. The summed E-state index contributed by atoms with van der Waals surface area (Å²) in [6.07, 6.45) is 0. The molecular formula is C11H15ClN2O. The van der Waals surface area contributed by atoms with Gasteiger partial charge in [-0.2, -0.15) is 0 Å². The van der Waals surface area contributed by atoms with Crippen molar-refractivity contribution >= 4 is 17.5 Å². The molecule has 0 aliphatic carbocycles. The fourth-order valence-electron chi connectivity index (χ4n) is 1.25. The van der Waals surface area contributed by atoms with E-state index in [0.29, 0.717) is 5.02 Å². The van der Waals surface area contributed by atoms with Gasteiger partial charge in [0.25, 0.3) is 0 Å². The zero-order valence-electron chi connectivity index (χ0n) is 8.83. The number of carbonyl (C=O) groups is 1. The Morgan fingerprint density at radius 3 is 2.53 bits per heavy atom. The molecule has 1 aromatic carbocycles. The Morgan fingerprint density at radius 2 is 2.00 bits per heavy atom. The molecule has 0 heterocycles. The van der Waals surface area contributed by atoms with Crippen molar-refractivity contribution in [3.05, 3.63) is 34.9 Å². The maximum atomic E-state index is 11.4. The fraction of sp³-hybridized carbons (Fsp3) is 0.364. The second-order valence-electron chi connectivity index (χ2n) is 3.54. The number of nitrogens with one attached hydrogen (secondary N) is 1. The van der Waals surface area contributed by atoms with Crippen LogP contribution in [0.15, 0.2) is 24.3 Å². The van der Waals surface area contributed by atoms with Gasteiger partial charge >= 0.3 is 0 Å². The van der Waals surface area contributed by atoms with Gasteiger partial charge in [0.1, 0.15) is 0 Å². The van der Waals surface area contributed by atoms with Crippen LogP contribution in [0.4, 0.5) is 0 Å². The molecule has 3 N–H and O–H groups in total. The number of benzene rings is 1. The van der Waals surface area contributed by atoms with E-state index in [2.05, 4.69) is 5.32 Å². The second kappa shape index (κ2) is 5.14. The summed E-state index contributed by atoms with van der Waals surface area (Å²) in [4.78, 5) is 11.4. The van der Waals surface area contributed by atoms with Crippen molar-refractivity contribution < 1.29 is 4.79 Å². The summed E-state index contributed by atoms with van der Waals surface area (Å²) in [6.45, 7) is 3.52. The lowest BCUT2D eigenvalue weighted by Crippen LogP contribution is -2.39. The molecule has 0 bridgehead atoms. The first-order valence-electron chi connectivity index (χ1n) is 4.82. The number of hydrogen-bond acceptors (Lipinski definition) is 2. The van der Waals surface area contributed by atoms with Crippen LogP contribution in [0.2, 0.25) is 5.02 Å². The summed E-state index contributed by atoms with van der Waals surface area (Å²) < 4.78 is 0. The monoisotopic (exact) mass is 226 g/mol. The highest BCUT2D eigenvalue weighted by Crippen LogP contribution is 2.21. The molecule has 1 amide bonds. The molecule has 0 aromatic heterocycles. The first kappa shape index (κ1) is 12.0. The topological polar surface area (TPSA) is 55.1 Å². The largest absolute Gasteiger partial charge is 0.348 e. The van der Waals surface area contributed by atoms with Gasteiger partial charge in [-0.25, -0.2) is 0 Å². The van der Waals surface area contributed by atoms with Crippen molar-refractivity contribution in [2.24, 2.45) is 5.73 Å². The fourth-order valence-corrected chi connectivity index (χ4v) is 1.55. The molecular weight excluding hydrogens is 212 g/mol. The van der Waals surface area contributed by atoms with Gasteiger partial charge in [0.2, 0.25) is 5.91 Å². The molecule has 0 fully saturated rings. The molecule has 82 valence electrons. The number of amides is 1. The lowest BCUT2D eigenvalue weighted by Gasteiger charge is -2.16. The van der Waals surface area contributed by atoms with Gasteiger partial charge in [0, 0.05) is 5.02 Å². The first-order valence-corrected chi connectivity index (χ1v) is 5.20. The maximum absolute atomic E-state index is 11.4. The highest BCUT2D eigenvalue weighted by Gasteiger charge is 2.14. The minimum atomic E-state index is -0.505. The van der Waals surface area contributed by atoms with E-state index in [4.69, 9.17) is 17.3 Å². The van der Waals surface area contributed by atoms with Crippen LogP contribution in [0.25, 0.3) is 0 Å². The lowest BCUT2D eigenvalue weighted by molar-refractivity contribution is -0.122. The van der Waals surface area contributed by atoms with Crippen LogP contribution in [0.5, 0.6) is 0 Å². The third kappa shape index (κ3) is 3.22. The predicted molar refractivity (Wildman–Crippen MR) is 61.7 cm³/mol. The summed E-state index contributed by atoms with van der Waals surface area (Å²) in [7, 11) is 0. The van der Waals surface area contributed by atoms with Crippen LogP contribution < -0.4 is 11.1 Å². The zero-order chi connectivity index (χ0) is 11.4. The van der Waals surface area contributed by atoms with E-state index < -0.39 is 6.04 Å². The van der Waals surface area contributed by atoms with Crippen molar-refractivity contribution in [2.45, 2.75) is 25.9 Å². The molecule has 1 unspecified atom stereocenters. The molecule has 0 aliphatic heterocycles. The number of carbonyl (C=O) groups excluding carboxylic acids is 1. The average molecular weight is 227 g/mol. The van der Waals surface area contributed by atoms with Crippen LogP contribution in [0.1, 0.15) is 25.5 Å². The molecule has 4 heteroatoms. The van der Waals surface area contributed by atoms with Gasteiger partial charge in [0.05, 0.1) is 12.1 Å².